The quantitative estimate of drug-likeness (QED) is 0.495. The van der Waals surface area contributed by atoms with Crippen molar-refractivity contribution in [2.24, 2.45) is 0 Å². The van der Waals surface area contributed by atoms with Crippen molar-refractivity contribution in [2.45, 2.75) is 6.92 Å². The molecule has 0 unspecified atom stereocenters. The molecule has 0 saturated heterocycles. The molecule has 2 aromatic rings. The molecule has 0 saturated carbocycles. The van der Waals surface area contributed by atoms with Crippen molar-refractivity contribution in [3.63, 3.8) is 0 Å². The van der Waals surface area contributed by atoms with Crippen molar-refractivity contribution >= 4 is 35.4 Å². The van der Waals surface area contributed by atoms with Gasteiger partial charge in [0.2, 0.25) is 0 Å². The van der Waals surface area contributed by atoms with Gasteiger partial charge in [0, 0.05) is 5.02 Å². The highest BCUT2D eigenvalue weighted by atomic mass is 35.5. The largest absolute Gasteiger partial charge is 0.205 e. The number of benzene rings is 2. The van der Waals surface area contributed by atoms with E-state index in [4.69, 9.17) is 23.2 Å². The zero-order valence-corrected chi connectivity index (χ0v) is 11.3. The summed E-state index contributed by atoms with van der Waals surface area (Å²) in [5.41, 5.74) is 2.84. The highest BCUT2D eigenvalue weighted by Gasteiger charge is 2.04. The molecule has 2 rings (SSSR count). The van der Waals surface area contributed by atoms with Crippen molar-refractivity contribution in [1.82, 2.24) is 0 Å². The minimum Gasteiger partial charge on any atom is -0.205 e. The summed E-state index contributed by atoms with van der Waals surface area (Å²) in [6.07, 6.45) is 3.65. The second kappa shape index (κ2) is 5.55. The fraction of sp³-hybridized carbons (Fsp3) is 0.0667. The van der Waals surface area contributed by atoms with E-state index < -0.39 is 5.82 Å². The predicted molar refractivity (Wildman–Crippen MR) is 76.5 cm³/mol. The molecule has 0 aromatic heterocycles. The summed E-state index contributed by atoms with van der Waals surface area (Å²) in [6.45, 7) is 2.03. The molecule has 0 aliphatic carbocycles. The lowest BCUT2D eigenvalue weighted by molar-refractivity contribution is 0.628. The summed E-state index contributed by atoms with van der Waals surface area (Å²) in [7, 11) is 0. The Balaban J connectivity index is 2.28. The van der Waals surface area contributed by atoms with E-state index in [0.717, 1.165) is 5.56 Å². The highest BCUT2D eigenvalue weighted by Crippen LogP contribution is 2.25. The molecule has 0 aliphatic rings. The average molecular weight is 281 g/mol. The molecule has 2 aromatic carbocycles. The van der Waals surface area contributed by atoms with E-state index >= 15 is 0 Å². The smallest absolute Gasteiger partial charge is 0.142 e. The van der Waals surface area contributed by atoms with Gasteiger partial charge in [-0.2, -0.15) is 0 Å². The molecule has 92 valence electrons. The molecule has 3 heteroatoms. The number of hydrogen-bond acceptors (Lipinski definition) is 0. The van der Waals surface area contributed by atoms with Crippen LogP contribution in [0.3, 0.4) is 0 Å². The third kappa shape index (κ3) is 3.12. The van der Waals surface area contributed by atoms with Gasteiger partial charge in [-0.25, -0.2) is 4.39 Å². The maximum Gasteiger partial charge on any atom is 0.142 e. The van der Waals surface area contributed by atoms with Crippen LogP contribution in [0.4, 0.5) is 4.39 Å². The second-order valence-corrected chi connectivity index (χ2v) is 4.85. The number of aryl methyl sites for hydroxylation is 1. The minimum absolute atomic E-state index is 0.0347. The fourth-order valence-corrected chi connectivity index (χ4v) is 1.98. The molecule has 0 aliphatic heterocycles. The summed E-state index contributed by atoms with van der Waals surface area (Å²) in [5.74, 6) is -0.468. The summed E-state index contributed by atoms with van der Waals surface area (Å²) in [5, 5.41) is 0.470. The van der Waals surface area contributed by atoms with Gasteiger partial charge >= 0.3 is 0 Å². The van der Waals surface area contributed by atoms with Crippen molar-refractivity contribution in [1.29, 1.82) is 0 Å². The molecule has 0 heterocycles. The first-order chi connectivity index (χ1) is 8.56. The van der Waals surface area contributed by atoms with Crippen molar-refractivity contribution in [2.75, 3.05) is 0 Å². The lowest BCUT2D eigenvalue weighted by Gasteiger charge is -2.01. The van der Waals surface area contributed by atoms with Gasteiger partial charge < -0.3 is 0 Å². The van der Waals surface area contributed by atoms with Crippen molar-refractivity contribution in [3.05, 3.63) is 69.0 Å². The Hall–Kier alpha value is -1.31. The average Bonchev–Trinajstić information content (AvgIpc) is 2.34. The van der Waals surface area contributed by atoms with Crippen LogP contribution in [0.1, 0.15) is 16.7 Å². The van der Waals surface area contributed by atoms with E-state index in [-0.39, 0.29) is 5.02 Å². The minimum atomic E-state index is -0.468. The maximum absolute atomic E-state index is 13.3. The van der Waals surface area contributed by atoms with Crippen molar-refractivity contribution < 1.29 is 4.39 Å². The zero-order valence-electron chi connectivity index (χ0n) is 9.75. The van der Waals surface area contributed by atoms with Crippen LogP contribution in [0.2, 0.25) is 10.0 Å². The van der Waals surface area contributed by atoms with E-state index in [0.29, 0.717) is 10.6 Å². The zero-order chi connectivity index (χ0) is 13.1. The first kappa shape index (κ1) is 13.1. The number of hydrogen-bond donors (Lipinski definition) is 0. The summed E-state index contributed by atoms with van der Waals surface area (Å²) in [4.78, 5) is 0. The molecular formula is C15H11Cl2F. The molecule has 0 N–H and O–H groups in total. The van der Waals surface area contributed by atoms with Crippen LogP contribution in [0.15, 0.2) is 36.4 Å². The molecule has 0 radical (unpaired) electrons. The van der Waals surface area contributed by atoms with Gasteiger partial charge in [0.05, 0.1) is 5.02 Å². The van der Waals surface area contributed by atoms with Gasteiger partial charge in [-0.3, -0.25) is 0 Å². The third-order valence-corrected chi connectivity index (χ3v) is 3.19. The lowest BCUT2D eigenvalue weighted by atomic mass is 10.1. The van der Waals surface area contributed by atoms with Crippen LogP contribution in [0, 0.1) is 12.7 Å². The highest BCUT2D eigenvalue weighted by molar-refractivity contribution is 6.35. The molecular weight excluding hydrogens is 270 g/mol. The van der Waals surface area contributed by atoms with Gasteiger partial charge in [0.25, 0.3) is 0 Å². The first-order valence-electron chi connectivity index (χ1n) is 5.45. The molecule has 0 bridgehead atoms. The van der Waals surface area contributed by atoms with Gasteiger partial charge in [-0.05, 0) is 30.2 Å². The van der Waals surface area contributed by atoms with Gasteiger partial charge in [0.1, 0.15) is 5.82 Å². The van der Waals surface area contributed by atoms with E-state index in [1.807, 2.05) is 37.3 Å². The number of halogens is 3. The summed E-state index contributed by atoms with van der Waals surface area (Å²) >= 11 is 11.6. The lowest BCUT2D eigenvalue weighted by Crippen LogP contribution is -1.82. The Kier molecular flexibility index (Phi) is 4.05. The van der Waals surface area contributed by atoms with Crippen LogP contribution >= 0.6 is 23.2 Å². The molecule has 0 fully saturated rings. The third-order valence-electron chi connectivity index (χ3n) is 2.57. The van der Waals surface area contributed by atoms with Crippen LogP contribution in [-0.2, 0) is 0 Å². The van der Waals surface area contributed by atoms with E-state index in [1.165, 1.54) is 17.7 Å². The molecule has 0 nitrogen and oxygen atoms in total. The molecule has 0 atom stereocenters. The predicted octanol–water partition coefficient (Wildman–Crippen LogP) is 5.61. The Labute approximate surface area is 116 Å². The van der Waals surface area contributed by atoms with Gasteiger partial charge in [0.15, 0.2) is 0 Å². The Morgan fingerprint density at radius 3 is 2.28 bits per heavy atom. The monoisotopic (exact) mass is 280 g/mol. The SMILES string of the molecule is Cc1ccc(C=Cc2cc(F)c(Cl)cc2Cl)cc1. The molecule has 18 heavy (non-hydrogen) atoms. The van der Waals surface area contributed by atoms with Gasteiger partial charge in [-0.15, -0.1) is 0 Å². The Morgan fingerprint density at radius 2 is 1.61 bits per heavy atom. The normalized spacial score (nSPS) is 11.1. The van der Waals surface area contributed by atoms with Crippen LogP contribution in [0.5, 0.6) is 0 Å². The molecule has 0 amide bonds. The summed E-state index contributed by atoms with van der Waals surface area (Å²) < 4.78 is 13.3. The van der Waals surface area contributed by atoms with Crippen LogP contribution < -0.4 is 0 Å². The Bertz CT molecular complexity index is 586. The Morgan fingerprint density at radius 1 is 0.944 bits per heavy atom. The summed E-state index contributed by atoms with van der Waals surface area (Å²) in [6, 6.07) is 10.8. The first-order valence-corrected chi connectivity index (χ1v) is 6.21. The van der Waals surface area contributed by atoms with E-state index in [2.05, 4.69) is 0 Å². The molecule has 0 spiro atoms. The fourth-order valence-electron chi connectivity index (χ4n) is 1.53. The van der Waals surface area contributed by atoms with E-state index in [9.17, 15) is 4.39 Å². The topological polar surface area (TPSA) is 0 Å². The van der Waals surface area contributed by atoms with Crippen LogP contribution in [0.25, 0.3) is 12.2 Å². The second-order valence-electron chi connectivity index (χ2n) is 4.03. The van der Waals surface area contributed by atoms with E-state index in [1.54, 1.807) is 6.08 Å². The van der Waals surface area contributed by atoms with Crippen LogP contribution in [-0.4, -0.2) is 0 Å². The van der Waals surface area contributed by atoms with Gasteiger partial charge in [-0.1, -0.05) is 65.2 Å². The standard InChI is InChI=1S/C15H11Cl2F/c1-10-2-4-11(5-3-10)6-7-12-8-15(18)14(17)9-13(12)16/h2-9H,1H3. The maximum atomic E-state index is 13.3. The number of rotatable bonds is 2. The van der Waals surface area contributed by atoms with Crippen molar-refractivity contribution in [3.8, 4) is 0 Å².